The minimum atomic E-state index is -1.20. The minimum absolute atomic E-state index is 0. The van der Waals surface area contributed by atoms with Gasteiger partial charge in [-0.15, -0.1) is 0 Å². The number of aromatic carboxylic acids is 2. The number of carboxylic acid groups (broad SMARTS) is 2. The van der Waals surface area contributed by atoms with Gasteiger partial charge in [0.25, 0.3) is 0 Å². The van der Waals surface area contributed by atoms with Crippen molar-refractivity contribution >= 4 is 17.7 Å². The molecule has 34 heavy (non-hydrogen) atoms. The Bertz CT molecular complexity index is 1330. The number of ether oxygens (including phenoxy) is 2. The van der Waals surface area contributed by atoms with Gasteiger partial charge < -0.3 is 19.7 Å². The first kappa shape index (κ1) is 21.7. The highest BCUT2D eigenvalue weighted by molar-refractivity contribution is 5.97. The first-order valence-corrected chi connectivity index (χ1v) is 10.9. The highest BCUT2D eigenvalue weighted by Gasteiger charge is 2.50. The van der Waals surface area contributed by atoms with E-state index in [2.05, 4.69) is 0 Å². The van der Waals surface area contributed by atoms with E-state index in [1.807, 2.05) is 43.3 Å². The minimum Gasteiger partial charge on any atom is -0.478 e. The van der Waals surface area contributed by atoms with Gasteiger partial charge in [0, 0.05) is 9.27 Å². The Kier molecular flexibility index (Phi) is 5.12. The molecule has 2 aliphatic rings. The Morgan fingerprint density at radius 3 is 2.21 bits per heavy atom. The van der Waals surface area contributed by atoms with E-state index < -0.39 is 17.4 Å². The van der Waals surface area contributed by atoms with Crippen molar-refractivity contribution in [2.75, 3.05) is 6.79 Å². The Morgan fingerprint density at radius 1 is 0.882 bits per heavy atom. The lowest BCUT2D eigenvalue weighted by Gasteiger charge is -2.16. The van der Waals surface area contributed by atoms with Gasteiger partial charge in [-0.25, -0.2) is 9.59 Å². The molecule has 0 bridgehead atoms. The fraction of sp³-hybridized carbons (Fsp3) is 0.222. The molecule has 176 valence electrons. The number of benzene rings is 3. The molecule has 1 aliphatic carbocycles. The van der Waals surface area contributed by atoms with Crippen molar-refractivity contribution in [2.24, 2.45) is 0 Å². The van der Waals surface area contributed by atoms with Gasteiger partial charge in [-0.3, -0.25) is 4.79 Å². The molecular weight excluding hydrogens is 436 g/mol. The maximum Gasteiger partial charge on any atom is 0.335 e. The van der Waals surface area contributed by atoms with E-state index in [1.165, 1.54) is 12.1 Å². The van der Waals surface area contributed by atoms with E-state index in [0.29, 0.717) is 22.6 Å². The number of Topliss-reactive ketones (excluding diaryl/α,β-unsaturated/α-hetero) is 1. The number of hydrogen-bond acceptors (Lipinski definition) is 5. The van der Waals surface area contributed by atoms with Crippen molar-refractivity contribution < 1.29 is 36.9 Å². The molecule has 1 fully saturated rings. The smallest absolute Gasteiger partial charge is 0.335 e. The van der Waals surface area contributed by atoms with Crippen LogP contribution in [0, 0.1) is 6.92 Å². The Balaban J connectivity index is 0.00000180. The number of rotatable bonds is 7. The molecule has 5 rings (SSSR count). The van der Waals surface area contributed by atoms with Gasteiger partial charge in [-0.05, 0) is 77.9 Å². The first-order valence-electron chi connectivity index (χ1n) is 10.9. The third-order valence-corrected chi connectivity index (χ3v) is 6.61. The average molecular weight is 462 g/mol. The van der Waals surface area contributed by atoms with Crippen molar-refractivity contribution in [1.29, 1.82) is 0 Å². The molecule has 0 amide bonds. The lowest BCUT2D eigenvalue weighted by atomic mass is 9.86. The van der Waals surface area contributed by atoms with Crippen LogP contribution in [0.3, 0.4) is 0 Å². The number of carbonyl (C=O) groups is 3. The van der Waals surface area contributed by atoms with Crippen LogP contribution in [0.4, 0.5) is 0 Å². The number of carbonyl (C=O) groups excluding carboxylic acids is 1. The van der Waals surface area contributed by atoms with Crippen LogP contribution in [0.15, 0.2) is 54.6 Å². The molecule has 0 atom stereocenters. The summed E-state index contributed by atoms with van der Waals surface area (Å²) in [5.74, 6) is -0.964. The van der Waals surface area contributed by atoms with E-state index in [-0.39, 0.29) is 33.0 Å². The van der Waals surface area contributed by atoms with E-state index >= 15 is 0 Å². The van der Waals surface area contributed by atoms with E-state index in [9.17, 15) is 24.6 Å². The summed E-state index contributed by atoms with van der Waals surface area (Å²) in [6, 6.07) is 15.3. The Hall–Kier alpha value is -4.13. The molecule has 1 saturated carbocycles. The van der Waals surface area contributed by atoms with Crippen molar-refractivity contribution in [1.82, 2.24) is 0 Å². The zero-order valence-electron chi connectivity index (χ0n) is 18.5. The quantitative estimate of drug-likeness (QED) is 0.501. The number of hydrogen-bond donors (Lipinski definition) is 2. The van der Waals surface area contributed by atoms with Crippen molar-refractivity contribution in [2.45, 2.75) is 31.6 Å². The second kappa shape index (κ2) is 8.02. The van der Waals surface area contributed by atoms with Gasteiger partial charge >= 0.3 is 11.9 Å². The summed E-state index contributed by atoms with van der Waals surface area (Å²) >= 11 is 0. The van der Waals surface area contributed by atoms with Gasteiger partial charge in [-0.1, -0.05) is 24.3 Å². The maximum atomic E-state index is 13.4. The van der Waals surface area contributed by atoms with Crippen LogP contribution >= 0.6 is 0 Å². The summed E-state index contributed by atoms with van der Waals surface area (Å²) in [5, 5.41) is 18.8. The lowest BCUT2D eigenvalue weighted by molar-refractivity contribution is -0.120. The van der Waals surface area contributed by atoms with Crippen LogP contribution in [0.2, 0.25) is 0 Å². The summed E-state index contributed by atoms with van der Waals surface area (Å²) < 4.78 is 10.8. The fourth-order valence-electron chi connectivity index (χ4n) is 4.52. The summed E-state index contributed by atoms with van der Waals surface area (Å²) in [6.45, 7) is 2.04. The SMILES string of the molecule is Cc1ccc(CC(=O)C2(c3ccc4c(c3)OCO4)CC2)cc1-c1cc(C(=O)O)cc(C(=O)O)c1.[HH].[HH]. The van der Waals surface area contributed by atoms with Gasteiger partial charge in [0.2, 0.25) is 6.79 Å². The molecule has 0 aromatic heterocycles. The maximum absolute atomic E-state index is 13.4. The molecule has 1 aliphatic heterocycles. The number of fused-ring (bicyclic) bond motifs is 1. The molecule has 0 radical (unpaired) electrons. The van der Waals surface area contributed by atoms with E-state index in [0.717, 1.165) is 35.6 Å². The summed E-state index contributed by atoms with van der Waals surface area (Å²) in [7, 11) is 0. The monoisotopic (exact) mass is 462 g/mol. The molecule has 0 spiro atoms. The first-order chi connectivity index (χ1) is 16.3. The normalized spacial score (nSPS) is 15.1. The molecule has 7 heteroatoms. The third kappa shape index (κ3) is 3.79. The summed E-state index contributed by atoms with van der Waals surface area (Å²) in [4.78, 5) is 36.4. The van der Waals surface area contributed by atoms with Crippen LogP contribution in [-0.4, -0.2) is 34.7 Å². The molecule has 7 nitrogen and oxygen atoms in total. The predicted octanol–water partition coefficient (Wildman–Crippen LogP) is 5.12. The van der Waals surface area contributed by atoms with Crippen LogP contribution in [0.1, 0.15) is 53.1 Å². The van der Waals surface area contributed by atoms with Crippen molar-refractivity contribution in [3.63, 3.8) is 0 Å². The lowest BCUT2D eigenvalue weighted by Crippen LogP contribution is -2.22. The fourth-order valence-corrected chi connectivity index (χ4v) is 4.52. The summed E-state index contributed by atoms with van der Waals surface area (Å²) in [5.41, 5.74) is 3.01. The largest absolute Gasteiger partial charge is 0.478 e. The zero-order chi connectivity index (χ0) is 24.0. The van der Waals surface area contributed by atoms with Gasteiger partial charge in [0.1, 0.15) is 5.78 Å². The molecule has 1 heterocycles. The molecule has 0 saturated heterocycles. The standard InChI is InChI=1S/C27H22O7.2H2/c1-15-2-3-16(8-21(15)17-10-18(25(29)30)12-19(11-17)26(31)32)9-24(28)27(6-7-27)20-4-5-22-23(13-20)34-14-33-22;;/h2-5,8,10-13H,6-7,9,14H2,1H3,(H,29,30)(H,31,32);2*1H. The van der Waals surface area contributed by atoms with Crippen LogP contribution in [0.5, 0.6) is 11.5 Å². The van der Waals surface area contributed by atoms with Crippen molar-refractivity contribution in [3.05, 3.63) is 82.4 Å². The van der Waals surface area contributed by atoms with Crippen molar-refractivity contribution in [3.8, 4) is 22.6 Å². The van der Waals surface area contributed by atoms with Gasteiger partial charge in [0.15, 0.2) is 11.5 Å². The zero-order valence-corrected chi connectivity index (χ0v) is 18.5. The van der Waals surface area contributed by atoms with E-state index in [1.54, 1.807) is 0 Å². The molecule has 3 aromatic rings. The molecule has 0 unspecified atom stereocenters. The molecule has 2 N–H and O–H groups in total. The Morgan fingerprint density at radius 2 is 1.56 bits per heavy atom. The summed E-state index contributed by atoms with van der Waals surface area (Å²) in [6.07, 6.45) is 1.76. The Labute approximate surface area is 198 Å². The predicted molar refractivity (Wildman–Crippen MR) is 127 cm³/mol. The van der Waals surface area contributed by atoms with Gasteiger partial charge in [-0.2, -0.15) is 0 Å². The van der Waals surface area contributed by atoms with Crippen LogP contribution in [-0.2, 0) is 16.6 Å². The average Bonchev–Trinajstić information content (AvgIpc) is 3.50. The third-order valence-electron chi connectivity index (χ3n) is 6.61. The van der Waals surface area contributed by atoms with E-state index in [4.69, 9.17) is 9.47 Å². The van der Waals surface area contributed by atoms with Crippen LogP contribution < -0.4 is 9.47 Å². The second-order valence-electron chi connectivity index (χ2n) is 8.81. The molecular formula is C27H26O7. The topological polar surface area (TPSA) is 110 Å². The highest BCUT2D eigenvalue weighted by Crippen LogP contribution is 2.51. The van der Waals surface area contributed by atoms with Gasteiger partial charge in [0.05, 0.1) is 16.5 Å². The molecule has 3 aromatic carbocycles. The number of carboxylic acids is 2. The highest BCUT2D eigenvalue weighted by atomic mass is 16.7. The van der Waals surface area contributed by atoms with Crippen LogP contribution in [0.25, 0.3) is 11.1 Å². The second-order valence-corrected chi connectivity index (χ2v) is 8.81. The number of ketones is 1. The number of aryl methyl sites for hydroxylation is 1.